The molecule has 0 fully saturated rings. The predicted octanol–water partition coefficient (Wildman–Crippen LogP) is 2.35. The zero-order valence-electron chi connectivity index (χ0n) is 13.0. The van der Waals surface area contributed by atoms with E-state index in [4.69, 9.17) is 0 Å². The van der Waals surface area contributed by atoms with Gasteiger partial charge in [0, 0.05) is 12.0 Å². The summed E-state index contributed by atoms with van der Waals surface area (Å²) in [6.45, 7) is 2.04. The van der Waals surface area contributed by atoms with Gasteiger partial charge in [-0.15, -0.1) is 0 Å². The van der Waals surface area contributed by atoms with E-state index in [1.165, 1.54) is 0 Å². The quantitative estimate of drug-likeness (QED) is 0.742. The lowest BCUT2D eigenvalue weighted by Crippen LogP contribution is -2.41. The second-order valence-electron chi connectivity index (χ2n) is 5.18. The number of rotatable bonds is 5. The van der Waals surface area contributed by atoms with Gasteiger partial charge in [-0.2, -0.15) is 0 Å². The number of carbonyl (C=O) groups excluding carboxylic acids is 2. The van der Waals surface area contributed by atoms with Crippen molar-refractivity contribution in [1.82, 2.24) is 10.9 Å². The molecule has 2 aromatic carbocycles. The van der Waals surface area contributed by atoms with Crippen molar-refractivity contribution in [2.75, 3.05) is 0 Å². The van der Waals surface area contributed by atoms with Gasteiger partial charge in [-0.25, -0.2) is 0 Å². The second-order valence-corrected chi connectivity index (χ2v) is 5.18. The maximum atomic E-state index is 11.9. The molecule has 0 bridgehead atoms. The number of carbonyl (C=O) groups is 2. The van der Waals surface area contributed by atoms with Gasteiger partial charge in [0.2, 0.25) is 5.91 Å². The number of nitrogens with one attached hydrogen (secondary N) is 2. The molecule has 0 aliphatic carbocycles. The molecular weight excluding hydrogens is 292 g/mol. The Kier molecular flexibility index (Phi) is 5.74. The Balaban J connectivity index is 1.79. The summed E-state index contributed by atoms with van der Waals surface area (Å²) < 4.78 is 0. The molecule has 23 heavy (non-hydrogen) atoms. The highest BCUT2D eigenvalue weighted by molar-refractivity contribution is 5.95. The lowest BCUT2D eigenvalue weighted by molar-refractivity contribution is -0.121. The van der Waals surface area contributed by atoms with Crippen molar-refractivity contribution in [3.8, 4) is 5.75 Å². The van der Waals surface area contributed by atoms with E-state index < -0.39 is 0 Å². The summed E-state index contributed by atoms with van der Waals surface area (Å²) in [5.74, 6) is -0.504. The number of hydrogen-bond acceptors (Lipinski definition) is 3. The third-order valence-electron chi connectivity index (χ3n) is 3.55. The molecule has 0 aliphatic heterocycles. The van der Waals surface area contributed by atoms with E-state index in [1.54, 1.807) is 36.4 Å². The molecule has 5 nitrogen and oxygen atoms in total. The molecule has 0 atom stereocenters. The number of amides is 2. The number of aryl methyl sites for hydroxylation is 2. The maximum absolute atomic E-state index is 11.9. The Morgan fingerprint density at radius 1 is 1.00 bits per heavy atom. The van der Waals surface area contributed by atoms with Crippen LogP contribution in [-0.4, -0.2) is 16.9 Å². The SMILES string of the molecule is CCc1ccc(C(=O)NNC(=O)CCc2ccccc2O)cc1. The van der Waals surface area contributed by atoms with E-state index in [2.05, 4.69) is 10.9 Å². The molecule has 0 spiro atoms. The van der Waals surface area contributed by atoms with Crippen molar-refractivity contribution in [2.45, 2.75) is 26.2 Å². The van der Waals surface area contributed by atoms with E-state index in [0.29, 0.717) is 17.5 Å². The maximum Gasteiger partial charge on any atom is 0.269 e. The number of para-hydroxylation sites is 1. The topological polar surface area (TPSA) is 78.4 Å². The zero-order valence-corrected chi connectivity index (χ0v) is 13.0. The molecule has 0 aliphatic rings. The van der Waals surface area contributed by atoms with E-state index in [-0.39, 0.29) is 24.0 Å². The van der Waals surface area contributed by atoms with Crippen molar-refractivity contribution in [2.24, 2.45) is 0 Å². The fourth-order valence-electron chi connectivity index (χ4n) is 2.12. The fraction of sp³-hybridized carbons (Fsp3) is 0.222. The minimum Gasteiger partial charge on any atom is -0.508 e. The Labute approximate surface area is 135 Å². The lowest BCUT2D eigenvalue weighted by atomic mass is 10.1. The van der Waals surface area contributed by atoms with Gasteiger partial charge in [0.25, 0.3) is 5.91 Å². The minimum absolute atomic E-state index is 0.167. The summed E-state index contributed by atoms with van der Waals surface area (Å²) in [7, 11) is 0. The third kappa shape index (κ3) is 4.85. The summed E-state index contributed by atoms with van der Waals surface area (Å²) in [5.41, 5.74) is 7.10. The van der Waals surface area contributed by atoms with Crippen LogP contribution in [0.5, 0.6) is 5.75 Å². The van der Waals surface area contributed by atoms with Crippen LogP contribution in [0, 0.1) is 0 Å². The van der Waals surface area contributed by atoms with Crippen molar-refractivity contribution < 1.29 is 14.7 Å². The molecule has 5 heteroatoms. The molecule has 120 valence electrons. The van der Waals surface area contributed by atoms with Crippen molar-refractivity contribution in [3.63, 3.8) is 0 Å². The van der Waals surface area contributed by atoms with E-state index in [1.807, 2.05) is 19.1 Å². The predicted molar refractivity (Wildman–Crippen MR) is 87.9 cm³/mol. The van der Waals surface area contributed by atoms with Crippen molar-refractivity contribution in [1.29, 1.82) is 0 Å². The molecule has 2 rings (SSSR count). The molecule has 0 unspecified atom stereocenters. The zero-order chi connectivity index (χ0) is 16.7. The van der Waals surface area contributed by atoms with Gasteiger partial charge in [-0.1, -0.05) is 37.3 Å². The summed E-state index contributed by atoms with van der Waals surface area (Å²) >= 11 is 0. The molecule has 0 heterocycles. The molecule has 0 aromatic heterocycles. The number of hydrazine groups is 1. The molecule has 0 saturated heterocycles. The van der Waals surface area contributed by atoms with Gasteiger partial charge in [-0.3, -0.25) is 20.4 Å². The number of aromatic hydroxyl groups is 1. The van der Waals surface area contributed by atoms with Gasteiger partial charge in [0.1, 0.15) is 5.75 Å². The average molecular weight is 312 g/mol. The van der Waals surface area contributed by atoms with Crippen LogP contribution in [0.25, 0.3) is 0 Å². The highest BCUT2D eigenvalue weighted by atomic mass is 16.3. The Morgan fingerprint density at radius 3 is 2.35 bits per heavy atom. The normalized spacial score (nSPS) is 10.1. The van der Waals surface area contributed by atoms with Crippen LogP contribution >= 0.6 is 0 Å². The van der Waals surface area contributed by atoms with Gasteiger partial charge in [0.05, 0.1) is 0 Å². The molecule has 2 aromatic rings. The number of phenolic OH excluding ortho intramolecular Hbond substituents is 1. The molecule has 0 radical (unpaired) electrons. The first-order chi connectivity index (χ1) is 11.1. The first-order valence-corrected chi connectivity index (χ1v) is 7.55. The van der Waals surface area contributed by atoms with Crippen LogP contribution in [-0.2, 0) is 17.6 Å². The smallest absolute Gasteiger partial charge is 0.269 e. The summed E-state index contributed by atoms with van der Waals surface area (Å²) in [5, 5.41) is 9.63. The number of hydrogen-bond donors (Lipinski definition) is 3. The summed E-state index contributed by atoms with van der Waals surface area (Å²) in [6, 6.07) is 14.1. The highest BCUT2D eigenvalue weighted by Gasteiger charge is 2.08. The van der Waals surface area contributed by atoms with Gasteiger partial charge >= 0.3 is 0 Å². The van der Waals surface area contributed by atoms with E-state index in [0.717, 1.165) is 12.0 Å². The Bertz CT molecular complexity index is 681. The largest absolute Gasteiger partial charge is 0.508 e. The molecular formula is C18H20N2O3. The van der Waals surface area contributed by atoms with Crippen LogP contribution in [0.4, 0.5) is 0 Å². The molecule has 3 N–H and O–H groups in total. The van der Waals surface area contributed by atoms with E-state index in [9.17, 15) is 14.7 Å². The van der Waals surface area contributed by atoms with Gasteiger partial charge in [0.15, 0.2) is 0 Å². The van der Waals surface area contributed by atoms with E-state index >= 15 is 0 Å². The Hall–Kier alpha value is -2.82. The standard InChI is InChI=1S/C18H20N2O3/c1-2-13-7-9-15(10-8-13)18(23)20-19-17(22)12-11-14-5-3-4-6-16(14)21/h3-10,21H,2,11-12H2,1H3,(H,19,22)(H,20,23). The monoisotopic (exact) mass is 312 g/mol. The number of phenols is 1. The van der Waals surface area contributed by atoms with Crippen LogP contribution < -0.4 is 10.9 Å². The fourth-order valence-corrected chi connectivity index (χ4v) is 2.12. The van der Waals surface area contributed by atoms with Crippen LogP contribution in [0.3, 0.4) is 0 Å². The molecule has 0 saturated carbocycles. The Morgan fingerprint density at radius 2 is 1.70 bits per heavy atom. The van der Waals surface area contributed by atoms with Crippen molar-refractivity contribution >= 4 is 11.8 Å². The summed E-state index contributed by atoms with van der Waals surface area (Å²) in [4.78, 5) is 23.7. The first kappa shape index (κ1) is 16.5. The second kappa shape index (κ2) is 7.98. The first-order valence-electron chi connectivity index (χ1n) is 7.55. The summed E-state index contributed by atoms with van der Waals surface area (Å²) in [6.07, 6.45) is 1.48. The van der Waals surface area contributed by atoms with Crippen LogP contribution in [0.1, 0.15) is 34.8 Å². The van der Waals surface area contributed by atoms with Gasteiger partial charge in [-0.05, 0) is 42.2 Å². The highest BCUT2D eigenvalue weighted by Crippen LogP contribution is 2.16. The number of benzene rings is 2. The van der Waals surface area contributed by atoms with Crippen LogP contribution in [0.2, 0.25) is 0 Å². The van der Waals surface area contributed by atoms with Gasteiger partial charge < -0.3 is 5.11 Å². The third-order valence-corrected chi connectivity index (χ3v) is 3.55. The lowest BCUT2D eigenvalue weighted by Gasteiger charge is -2.08. The van der Waals surface area contributed by atoms with Crippen molar-refractivity contribution in [3.05, 3.63) is 65.2 Å². The average Bonchev–Trinajstić information content (AvgIpc) is 2.59. The minimum atomic E-state index is -0.358. The van der Waals surface area contributed by atoms with Crippen LogP contribution in [0.15, 0.2) is 48.5 Å². The molecule has 2 amide bonds.